The van der Waals surface area contributed by atoms with Gasteiger partial charge in [0.25, 0.3) is 5.91 Å². The van der Waals surface area contributed by atoms with E-state index in [0.29, 0.717) is 22.3 Å². The Morgan fingerprint density at radius 2 is 1.96 bits per heavy atom. The quantitative estimate of drug-likeness (QED) is 0.572. The molecule has 0 aliphatic carbocycles. The minimum atomic E-state index is -0.194. The third-order valence-corrected chi connectivity index (χ3v) is 4.11. The van der Waals surface area contributed by atoms with Crippen molar-refractivity contribution < 1.29 is 9.21 Å². The lowest BCUT2D eigenvalue weighted by atomic mass is 10.1. The number of hydrogen-bond donors (Lipinski definition) is 1. The van der Waals surface area contributed by atoms with E-state index in [-0.39, 0.29) is 11.9 Å². The SMILES string of the molecule is CC(C)NC(=O)c1oc2ccccc2c1CSc1ncccn1. The predicted octanol–water partition coefficient (Wildman–Crippen LogP) is 3.65. The smallest absolute Gasteiger partial charge is 0.287 e. The Kier molecular flexibility index (Phi) is 4.62. The number of furan rings is 1. The summed E-state index contributed by atoms with van der Waals surface area (Å²) < 4.78 is 5.78. The maximum absolute atomic E-state index is 12.4. The highest BCUT2D eigenvalue weighted by Gasteiger charge is 2.21. The first-order valence-corrected chi connectivity index (χ1v) is 8.35. The van der Waals surface area contributed by atoms with Gasteiger partial charge in [0.15, 0.2) is 10.9 Å². The molecular formula is C17H17N3O2S. The van der Waals surface area contributed by atoms with Crippen LogP contribution in [0.25, 0.3) is 11.0 Å². The maximum Gasteiger partial charge on any atom is 0.287 e. The van der Waals surface area contributed by atoms with E-state index in [9.17, 15) is 4.79 Å². The minimum absolute atomic E-state index is 0.0497. The molecule has 0 aliphatic heterocycles. The normalized spacial score (nSPS) is 11.1. The largest absolute Gasteiger partial charge is 0.451 e. The average molecular weight is 327 g/mol. The number of hydrogen-bond acceptors (Lipinski definition) is 5. The molecule has 1 N–H and O–H groups in total. The lowest BCUT2D eigenvalue weighted by Crippen LogP contribution is -2.30. The molecule has 0 bridgehead atoms. The first-order valence-electron chi connectivity index (χ1n) is 7.36. The van der Waals surface area contributed by atoms with Gasteiger partial charge in [0.1, 0.15) is 5.58 Å². The second-order valence-electron chi connectivity index (χ2n) is 5.35. The first kappa shape index (κ1) is 15.6. The van der Waals surface area contributed by atoms with E-state index in [4.69, 9.17) is 4.42 Å². The Morgan fingerprint density at radius 1 is 1.22 bits per heavy atom. The van der Waals surface area contributed by atoms with Gasteiger partial charge in [-0.3, -0.25) is 4.79 Å². The highest BCUT2D eigenvalue weighted by Crippen LogP contribution is 2.30. The molecule has 0 atom stereocenters. The van der Waals surface area contributed by atoms with Crippen molar-refractivity contribution in [2.24, 2.45) is 0 Å². The van der Waals surface area contributed by atoms with E-state index in [1.54, 1.807) is 18.5 Å². The molecule has 0 saturated heterocycles. The van der Waals surface area contributed by atoms with E-state index >= 15 is 0 Å². The summed E-state index contributed by atoms with van der Waals surface area (Å²) in [5.41, 5.74) is 1.59. The number of carbonyl (C=O) groups is 1. The lowest BCUT2D eigenvalue weighted by Gasteiger charge is -2.07. The topological polar surface area (TPSA) is 68.0 Å². The number of para-hydroxylation sites is 1. The van der Waals surface area contributed by atoms with Crippen molar-refractivity contribution in [3.8, 4) is 0 Å². The summed E-state index contributed by atoms with van der Waals surface area (Å²) in [5, 5.41) is 4.51. The Labute approximate surface area is 138 Å². The van der Waals surface area contributed by atoms with Crippen LogP contribution in [0.2, 0.25) is 0 Å². The van der Waals surface area contributed by atoms with Gasteiger partial charge < -0.3 is 9.73 Å². The summed E-state index contributed by atoms with van der Waals surface area (Å²) in [4.78, 5) is 20.8. The molecule has 0 unspecified atom stereocenters. The Balaban J connectivity index is 1.94. The van der Waals surface area contributed by atoms with E-state index in [2.05, 4.69) is 15.3 Å². The van der Waals surface area contributed by atoms with Gasteiger partial charge in [-0.25, -0.2) is 9.97 Å². The molecule has 6 heteroatoms. The zero-order valence-corrected chi connectivity index (χ0v) is 13.8. The number of carbonyl (C=O) groups excluding carboxylic acids is 1. The van der Waals surface area contributed by atoms with Crippen molar-refractivity contribution in [2.75, 3.05) is 0 Å². The van der Waals surface area contributed by atoms with Crippen LogP contribution < -0.4 is 5.32 Å². The van der Waals surface area contributed by atoms with Gasteiger partial charge in [-0.2, -0.15) is 0 Å². The van der Waals surface area contributed by atoms with Crippen LogP contribution in [-0.2, 0) is 5.75 Å². The van der Waals surface area contributed by atoms with Crippen molar-refractivity contribution >= 4 is 28.6 Å². The van der Waals surface area contributed by atoms with Crippen LogP contribution >= 0.6 is 11.8 Å². The molecule has 23 heavy (non-hydrogen) atoms. The van der Waals surface area contributed by atoms with Crippen molar-refractivity contribution in [2.45, 2.75) is 30.8 Å². The highest BCUT2D eigenvalue weighted by atomic mass is 32.2. The maximum atomic E-state index is 12.4. The molecule has 1 amide bonds. The summed E-state index contributed by atoms with van der Waals surface area (Å²) >= 11 is 1.48. The van der Waals surface area contributed by atoms with Crippen LogP contribution in [0.3, 0.4) is 0 Å². The number of rotatable bonds is 5. The third-order valence-electron chi connectivity index (χ3n) is 3.21. The molecule has 0 aliphatic rings. The van der Waals surface area contributed by atoms with Crippen molar-refractivity contribution in [1.29, 1.82) is 0 Å². The summed E-state index contributed by atoms with van der Waals surface area (Å²) in [6.07, 6.45) is 3.41. The van der Waals surface area contributed by atoms with Crippen LogP contribution in [0.1, 0.15) is 30.0 Å². The van der Waals surface area contributed by atoms with Gasteiger partial charge >= 0.3 is 0 Å². The number of nitrogens with zero attached hydrogens (tertiary/aromatic N) is 2. The number of thioether (sulfide) groups is 1. The number of nitrogens with one attached hydrogen (secondary N) is 1. The molecule has 0 fully saturated rings. The van der Waals surface area contributed by atoms with E-state index in [1.807, 2.05) is 38.1 Å². The third kappa shape index (κ3) is 3.53. The lowest BCUT2D eigenvalue weighted by molar-refractivity contribution is 0.0916. The second kappa shape index (κ2) is 6.83. The molecule has 0 radical (unpaired) electrons. The summed E-state index contributed by atoms with van der Waals surface area (Å²) in [5.74, 6) is 0.742. The van der Waals surface area contributed by atoms with Gasteiger partial charge in [-0.15, -0.1) is 0 Å². The molecule has 2 aromatic heterocycles. The van der Waals surface area contributed by atoms with Crippen LogP contribution in [0.5, 0.6) is 0 Å². The molecule has 5 nitrogen and oxygen atoms in total. The fraction of sp³-hybridized carbons (Fsp3) is 0.235. The zero-order valence-electron chi connectivity index (χ0n) is 12.9. The van der Waals surface area contributed by atoms with Gasteiger partial charge in [0, 0.05) is 35.1 Å². The molecule has 0 spiro atoms. The van der Waals surface area contributed by atoms with E-state index in [1.165, 1.54) is 11.8 Å². The number of fused-ring (bicyclic) bond motifs is 1. The fourth-order valence-electron chi connectivity index (χ4n) is 2.25. The summed E-state index contributed by atoms with van der Waals surface area (Å²) in [6, 6.07) is 9.50. The Bertz CT molecular complexity index is 815. The van der Waals surface area contributed by atoms with Crippen molar-refractivity contribution in [1.82, 2.24) is 15.3 Å². The molecule has 118 valence electrons. The van der Waals surface area contributed by atoms with Crippen LogP contribution in [-0.4, -0.2) is 21.9 Å². The van der Waals surface area contributed by atoms with Gasteiger partial charge in [0.05, 0.1) is 0 Å². The monoisotopic (exact) mass is 327 g/mol. The zero-order chi connectivity index (χ0) is 16.2. The summed E-state index contributed by atoms with van der Waals surface area (Å²) in [6.45, 7) is 3.85. The number of amides is 1. The Hall–Kier alpha value is -2.34. The molecule has 3 rings (SSSR count). The van der Waals surface area contributed by atoms with Gasteiger partial charge in [-0.05, 0) is 26.0 Å². The molecule has 0 saturated carbocycles. The second-order valence-corrected chi connectivity index (χ2v) is 6.30. The van der Waals surface area contributed by atoms with E-state index < -0.39 is 0 Å². The molecule has 1 aromatic carbocycles. The highest BCUT2D eigenvalue weighted by molar-refractivity contribution is 7.98. The molecular weight excluding hydrogens is 310 g/mol. The molecule has 2 heterocycles. The van der Waals surface area contributed by atoms with Crippen LogP contribution in [0, 0.1) is 0 Å². The predicted molar refractivity (Wildman–Crippen MR) is 90.4 cm³/mol. The van der Waals surface area contributed by atoms with Gasteiger partial charge in [0.2, 0.25) is 0 Å². The standard InChI is InChI=1S/C17H17N3O2S/c1-11(2)20-16(21)15-13(10-23-17-18-8-5-9-19-17)12-6-3-4-7-14(12)22-15/h3-9,11H,10H2,1-2H3,(H,20,21). The van der Waals surface area contributed by atoms with Crippen molar-refractivity contribution in [3.63, 3.8) is 0 Å². The average Bonchev–Trinajstić information content (AvgIpc) is 2.92. The minimum Gasteiger partial charge on any atom is -0.451 e. The number of benzene rings is 1. The van der Waals surface area contributed by atoms with Crippen LogP contribution in [0.4, 0.5) is 0 Å². The van der Waals surface area contributed by atoms with Crippen LogP contribution in [0.15, 0.2) is 52.3 Å². The van der Waals surface area contributed by atoms with E-state index in [0.717, 1.165) is 10.9 Å². The number of aromatic nitrogens is 2. The Morgan fingerprint density at radius 3 is 2.70 bits per heavy atom. The molecule has 3 aromatic rings. The first-order chi connectivity index (χ1) is 11.1. The van der Waals surface area contributed by atoms with Crippen molar-refractivity contribution in [3.05, 3.63) is 54.0 Å². The van der Waals surface area contributed by atoms with Gasteiger partial charge in [-0.1, -0.05) is 30.0 Å². The summed E-state index contributed by atoms with van der Waals surface area (Å²) in [7, 11) is 0. The fourth-order valence-corrected chi connectivity index (χ4v) is 3.08.